The first-order valence-corrected chi connectivity index (χ1v) is 7.31. The van der Waals surface area contributed by atoms with Crippen LogP contribution in [0, 0.1) is 5.92 Å². The van der Waals surface area contributed by atoms with Crippen LogP contribution >= 0.6 is 23.2 Å². The third-order valence-corrected chi connectivity index (χ3v) is 4.28. The molecule has 3 rings (SSSR count). The van der Waals surface area contributed by atoms with Gasteiger partial charge in [0.05, 0.1) is 5.92 Å². The Morgan fingerprint density at radius 1 is 1.25 bits per heavy atom. The van der Waals surface area contributed by atoms with Crippen LogP contribution in [0.3, 0.4) is 0 Å². The van der Waals surface area contributed by atoms with E-state index in [9.17, 15) is 9.59 Å². The number of hydrogen-bond acceptors (Lipinski definition) is 2. The molecule has 2 N–H and O–H groups in total. The first-order valence-electron chi connectivity index (χ1n) is 6.55. The number of carbonyl (C=O) groups is 2. The van der Waals surface area contributed by atoms with Gasteiger partial charge in [-0.1, -0.05) is 6.07 Å². The third-order valence-electron chi connectivity index (χ3n) is 3.45. The second-order valence-corrected chi connectivity index (χ2v) is 6.88. The lowest BCUT2D eigenvalue weighted by atomic mass is 10.2. The van der Waals surface area contributed by atoms with Crippen molar-refractivity contribution < 1.29 is 9.59 Å². The van der Waals surface area contributed by atoms with Gasteiger partial charge in [0.15, 0.2) is 0 Å². The van der Waals surface area contributed by atoms with Gasteiger partial charge in [-0.15, -0.1) is 23.2 Å². The SMILES string of the molecule is O=C(NC1CC1)c1cccc(NC(=O)[C@@H]2CC2(Cl)Cl)c1. The molecule has 2 amide bonds. The van der Waals surface area contributed by atoms with Crippen LogP contribution in [-0.4, -0.2) is 22.2 Å². The van der Waals surface area contributed by atoms with Crippen molar-refractivity contribution in [2.75, 3.05) is 5.32 Å². The second-order valence-electron chi connectivity index (χ2n) is 5.34. The Morgan fingerprint density at radius 3 is 2.55 bits per heavy atom. The third kappa shape index (κ3) is 3.07. The predicted octanol–water partition coefficient (Wildman–Crippen LogP) is 2.71. The monoisotopic (exact) mass is 312 g/mol. The maximum Gasteiger partial charge on any atom is 0.251 e. The van der Waals surface area contributed by atoms with Crippen LogP contribution in [0.5, 0.6) is 0 Å². The first kappa shape index (κ1) is 13.7. The zero-order valence-electron chi connectivity index (χ0n) is 10.7. The van der Waals surface area contributed by atoms with E-state index in [0.717, 1.165) is 12.8 Å². The van der Waals surface area contributed by atoms with Crippen molar-refractivity contribution in [3.05, 3.63) is 29.8 Å². The van der Waals surface area contributed by atoms with Crippen LogP contribution in [0.2, 0.25) is 0 Å². The Bertz CT molecular complexity index is 570. The fourth-order valence-corrected chi connectivity index (χ4v) is 2.47. The molecule has 2 saturated carbocycles. The molecular weight excluding hydrogens is 299 g/mol. The molecule has 0 saturated heterocycles. The highest BCUT2D eigenvalue weighted by molar-refractivity contribution is 6.52. The maximum atomic E-state index is 11.9. The molecule has 0 bridgehead atoms. The minimum Gasteiger partial charge on any atom is -0.349 e. The fourth-order valence-electron chi connectivity index (χ4n) is 1.96. The molecule has 2 fully saturated rings. The number of amides is 2. The summed E-state index contributed by atoms with van der Waals surface area (Å²) in [6.45, 7) is 0. The molecule has 2 aliphatic rings. The number of benzene rings is 1. The van der Waals surface area contributed by atoms with E-state index in [1.165, 1.54) is 0 Å². The molecule has 0 unspecified atom stereocenters. The topological polar surface area (TPSA) is 58.2 Å². The van der Waals surface area contributed by atoms with Gasteiger partial charge in [0.2, 0.25) is 5.91 Å². The summed E-state index contributed by atoms with van der Waals surface area (Å²) in [5, 5.41) is 5.64. The lowest BCUT2D eigenvalue weighted by molar-refractivity contribution is -0.117. The number of anilines is 1. The predicted molar refractivity (Wildman–Crippen MR) is 78.1 cm³/mol. The highest BCUT2D eigenvalue weighted by atomic mass is 35.5. The van der Waals surface area contributed by atoms with Crippen LogP contribution < -0.4 is 10.6 Å². The summed E-state index contributed by atoms with van der Waals surface area (Å²) in [5.74, 6) is -0.705. The highest BCUT2D eigenvalue weighted by Gasteiger charge is 2.56. The molecule has 0 aromatic heterocycles. The molecule has 0 spiro atoms. The van der Waals surface area contributed by atoms with Crippen LogP contribution in [-0.2, 0) is 4.79 Å². The fraction of sp³-hybridized carbons (Fsp3) is 0.429. The van der Waals surface area contributed by atoms with Crippen molar-refractivity contribution in [1.82, 2.24) is 5.32 Å². The lowest BCUT2D eigenvalue weighted by Gasteiger charge is -2.08. The second kappa shape index (κ2) is 4.93. The molecule has 4 nitrogen and oxygen atoms in total. The van der Waals surface area contributed by atoms with Gasteiger partial charge in [-0.25, -0.2) is 0 Å². The maximum absolute atomic E-state index is 11.9. The van der Waals surface area contributed by atoms with Gasteiger partial charge in [0.1, 0.15) is 4.33 Å². The van der Waals surface area contributed by atoms with Gasteiger partial charge in [0.25, 0.3) is 5.91 Å². The molecule has 6 heteroatoms. The molecule has 1 atom stereocenters. The molecular formula is C14H14Cl2N2O2. The van der Waals surface area contributed by atoms with E-state index in [1.807, 2.05) is 0 Å². The summed E-state index contributed by atoms with van der Waals surface area (Å²) in [6.07, 6.45) is 2.54. The van der Waals surface area contributed by atoms with E-state index in [0.29, 0.717) is 23.7 Å². The standard InChI is InChI=1S/C14H14Cl2N2O2/c15-14(16)7-11(14)13(20)18-10-3-1-2-8(6-10)12(19)17-9-4-5-9/h1-3,6,9,11H,4-5,7H2,(H,17,19)(H,18,20)/t11-/m0/s1. The van der Waals surface area contributed by atoms with Crippen molar-refractivity contribution in [1.29, 1.82) is 0 Å². The minimum absolute atomic E-state index is 0.112. The van der Waals surface area contributed by atoms with Crippen molar-refractivity contribution in [3.8, 4) is 0 Å². The van der Waals surface area contributed by atoms with Crippen LogP contribution in [0.1, 0.15) is 29.6 Å². The summed E-state index contributed by atoms with van der Waals surface area (Å²) in [4.78, 5) is 23.8. The van der Waals surface area contributed by atoms with Crippen molar-refractivity contribution >= 4 is 40.7 Å². The van der Waals surface area contributed by atoms with Gasteiger partial charge in [0, 0.05) is 17.3 Å². The zero-order chi connectivity index (χ0) is 14.3. The highest BCUT2D eigenvalue weighted by Crippen LogP contribution is 2.53. The van der Waals surface area contributed by atoms with E-state index in [2.05, 4.69) is 10.6 Å². The number of carbonyl (C=O) groups excluding carboxylic acids is 2. The summed E-state index contributed by atoms with van der Waals surface area (Å²) in [7, 11) is 0. The number of halogens is 2. The van der Waals surface area contributed by atoms with Gasteiger partial charge >= 0.3 is 0 Å². The Morgan fingerprint density at radius 2 is 1.95 bits per heavy atom. The average Bonchev–Trinajstić information content (AvgIpc) is 3.28. The lowest BCUT2D eigenvalue weighted by Crippen LogP contribution is -2.25. The van der Waals surface area contributed by atoms with Crippen LogP contribution in [0.4, 0.5) is 5.69 Å². The van der Waals surface area contributed by atoms with Crippen LogP contribution in [0.15, 0.2) is 24.3 Å². The normalized spacial score (nSPS) is 23.0. The van der Waals surface area contributed by atoms with Crippen molar-refractivity contribution in [2.24, 2.45) is 5.92 Å². The Balaban J connectivity index is 1.64. The first-order chi connectivity index (χ1) is 9.45. The van der Waals surface area contributed by atoms with Gasteiger partial charge in [-0.3, -0.25) is 9.59 Å². The number of nitrogens with one attached hydrogen (secondary N) is 2. The molecule has 0 radical (unpaired) electrons. The summed E-state index contributed by atoms with van der Waals surface area (Å²) in [5.41, 5.74) is 1.11. The summed E-state index contributed by atoms with van der Waals surface area (Å²) < 4.78 is -0.939. The van der Waals surface area contributed by atoms with Gasteiger partial charge in [-0.05, 0) is 37.5 Å². The Kier molecular flexibility index (Phi) is 3.38. The van der Waals surface area contributed by atoms with Crippen LogP contribution in [0.25, 0.3) is 0 Å². The molecule has 20 heavy (non-hydrogen) atoms. The Hall–Kier alpha value is -1.26. The number of alkyl halides is 2. The molecule has 0 heterocycles. The molecule has 106 valence electrons. The molecule has 1 aromatic rings. The van der Waals surface area contributed by atoms with E-state index < -0.39 is 4.33 Å². The average molecular weight is 313 g/mol. The van der Waals surface area contributed by atoms with Crippen molar-refractivity contribution in [3.63, 3.8) is 0 Å². The molecule has 1 aromatic carbocycles. The van der Waals surface area contributed by atoms with E-state index in [4.69, 9.17) is 23.2 Å². The zero-order valence-corrected chi connectivity index (χ0v) is 12.2. The van der Waals surface area contributed by atoms with E-state index in [-0.39, 0.29) is 17.7 Å². The summed E-state index contributed by atoms with van der Waals surface area (Å²) in [6, 6.07) is 7.15. The van der Waals surface area contributed by atoms with E-state index in [1.54, 1.807) is 24.3 Å². The summed E-state index contributed by atoms with van der Waals surface area (Å²) >= 11 is 11.7. The quantitative estimate of drug-likeness (QED) is 0.840. The smallest absolute Gasteiger partial charge is 0.251 e. The molecule has 0 aliphatic heterocycles. The number of hydrogen-bond donors (Lipinski definition) is 2. The molecule has 2 aliphatic carbocycles. The van der Waals surface area contributed by atoms with E-state index >= 15 is 0 Å². The van der Waals surface area contributed by atoms with Crippen molar-refractivity contribution in [2.45, 2.75) is 29.6 Å². The van der Waals surface area contributed by atoms with Gasteiger partial charge in [-0.2, -0.15) is 0 Å². The largest absolute Gasteiger partial charge is 0.349 e. The number of rotatable bonds is 4. The van der Waals surface area contributed by atoms with Gasteiger partial charge < -0.3 is 10.6 Å². The minimum atomic E-state index is -0.939. The Labute approximate surface area is 126 Å².